The molecule has 0 heterocycles. The van der Waals surface area contributed by atoms with E-state index in [1.807, 2.05) is 0 Å². The molecule has 2 rings (SSSR count). The molecule has 1 saturated carbocycles. The van der Waals surface area contributed by atoms with Crippen LogP contribution in [0.25, 0.3) is 0 Å². The Morgan fingerprint density at radius 1 is 1.41 bits per heavy atom. The number of hydrogen-bond acceptors (Lipinski definition) is 1. The van der Waals surface area contributed by atoms with E-state index in [-0.39, 0.29) is 5.82 Å². The summed E-state index contributed by atoms with van der Waals surface area (Å²) in [7, 11) is 0. The van der Waals surface area contributed by atoms with Crippen molar-refractivity contribution in [2.24, 2.45) is 11.8 Å². The summed E-state index contributed by atoms with van der Waals surface area (Å²) < 4.78 is 14.0. The van der Waals surface area contributed by atoms with Crippen molar-refractivity contribution in [3.05, 3.63) is 28.5 Å². The standard InChI is InChI=1S/C14H19BrFN/c1-10-3-2-4-11(7-10)9-17-14-8-12(16)5-6-13(14)15/h5-6,8,10-11,17H,2-4,7,9H2,1H3. The highest BCUT2D eigenvalue weighted by molar-refractivity contribution is 9.10. The van der Waals surface area contributed by atoms with Crippen LogP contribution >= 0.6 is 15.9 Å². The summed E-state index contributed by atoms with van der Waals surface area (Å²) in [5.41, 5.74) is 0.864. The fourth-order valence-electron chi connectivity index (χ4n) is 2.63. The predicted molar refractivity (Wildman–Crippen MR) is 73.7 cm³/mol. The Kier molecular flexibility index (Phi) is 4.43. The molecule has 1 aromatic rings. The van der Waals surface area contributed by atoms with Crippen LogP contribution < -0.4 is 5.32 Å². The summed E-state index contributed by atoms with van der Waals surface area (Å²) in [6.45, 7) is 3.27. The lowest BCUT2D eigenvalue weighted by molar-refractivity contribution is 0.293. The smallest absolute Gasteiger partial charge is 0.125 e. The summed E-state index contributed by atoms with van der Waals surface area (Å²) in [6, 6.07) is 4.77. The topological polar surface area (TPSA) is 12.0 Å². The largest absolute Gasteiger partial charge is 0.384 e. The molecule has 1 aromatic carbocycles. The Balaban J connectivity index is 1.90. The molecule has 1 nitrogen and oxygen atoms in total. The van der Waals surface area contributed by atoms with Crippen molar-refractivity contribution >= 4 is 21.6 Å². The number of anilines is 1. The van der Waals surface area contributed by atoms with Gasteiger partial charge < -0.3 is 5.32 Å². The zero-order chi connectivity index (χ0) is 12.3. The zero-order valence-electron chi connectivity index (χ0n) is 10.2. The van der Waals surface area contributed by atoms with Crippen molar-refractivity contribution in [1.82, 2.24) is 0 Å². The second kappa shape index (κ2) is 5.85. The van der Waals surface area contributed by atoms with Crippen LogP contribution in [0.1, 0.15) is 32.6 Å². The summed E-state index contributed by atoms with van der Waals surface area (Å²) in [6.07, 6.45) is 5.28. The first-order valence-corrected chi connectivity index (χ1v) is 7.13. The van der Waals surface area contributed by atoms with Crippen LogP contribution in [0.4, 0.5) is 10.1 Å². The second-order valence-corrected chi connectivity index (χ2v) is 6.00. The van der Waals surface area contributed by atoms with Gasteiger partial charge in [-0.15, -0.1) is 0 Å². The van der Waals surface area contributed by atoms with E-state index in [4.69, 9.17) is 0 Å². The Hall–Kier alpha value is -0.570. The van der Waals surface area contributed by atoms with Gasteiger partial charge in [-0.25, -0.2) is 4.39 Å². The van der Waals surface area contributed by atoms with Gasteiger partial charge in [-0.3, -0.25) is 0 Å². The highest BCUT2D eigenvalue weighted by Gasteiger charge is 2.18. The van der Waals surface area contributed by atoms with Crippen molar-refractivity contribution in [3.63, 3.8) is 0 Å². The lowest BCUT2D eigenvalue weighted by atomic mass is 9.82. The van der Waals surface area contributed by atoms with Gasteiger partial charge in [0.1, 0.15) is 5.82 Å². The summed E-state index contributed by atoms with van der Waals surface area (Å²) in [5.74, 6) is 1.38. The molecule has 1 fully saturated rings. The Morgan fingerprint density at radius 2 is 2.24 bits per heavy atom. The maximum absolute atomic E-state index is 13.1. The van der Waals surface area contributed by atoms with Gasteiger partial charge in [-0.2, -0.15) is 0 Å². The SMILES string of the molecule is CC1CCCC(CNc2cc(F)ccc2Br)C1. The van der Waals surface area contributed by atoms with Crippen molar-refractivity contribution in [2.75, 3.05) is 11.9 Å². The molecule has 1 aliphatic rings. The summed E-state index contributed by atoms with van der Waals surface area (Å²) in [5, 5.41) is 3.36. The van der Waals surface area contributed by atoms with Crippen LogP contribution in [0.15, 0.2) is 22.7 Å². The molecule has 0 bridgehead atoms. The molecule has 0 aliphatic heterocycles. The lowest BCUT2D eigenvalue weighted by Gasteiger charge is -2.27. The first-order valence-electron chi connectivity index (χ1n) is 6.34. The third kappa shape index (κ3) is 3.70. The predicted octanol–water partition coefficient (Wildman–Crippen LogP) is 4.83. The van der Waals surface area contributed by atoms with Gasteiger partial charge >= 0.3 is 0 Å². The van der Waals surface area contributed by atoms with Gasteiger partial charge in [0, 0.05) is 11.0 Å². The van der Waals surface area contributed by atoms with Gasteiger partial charge in [-0.05, 0) is 58.8 Å². The van der Waals surface area contributed by atoms with Crippen molar-refractivity contribution in [1.29, 1.82) is 0 Å². The maximum atomic E-state index is 13.1. The molecule has 0 amide bonds. The van der Waals surface area contributed by atoms with Crippen LogP contribution in [0.3, 0.4) is 0 Å². The van der Waals surface area contributed by atoms with Crippen molar-refractivity contribution < 1.29 is 4.39 Å². The van der Waals surface area contributed by atoms with Crippen LogP contribution in [-0.4, -0.2) is 6.54 Å². The molecule has 0 aromatic heterocycles. The highest BCUT2D eigenvalue weighted by atomic mass is 79.9. The lowest BCUT2D eigenvalue weighted by Crippen LogP contribution is -2.21. The minimum Gasteiger partial charge on any atom is -0.384 e. The third-order valence-electron chi connectivity index (χ3n) is 3.55. The summed E-state index contributed by atoms with van der Waals surface area (Å²) in [4.78, 5) is 0. The van der Waals surface area contributed by atoms with Crippen LogP contribution in [0, 0.1) is 17.7 Å². The normalized spacial score (nSPS) is 24.6. The van der Waals surface area contributed by atoms with Gasteiger partial charge in [0.15, 0.2) is 0 Å². The molecule has 2 unspecified atom stereocenters. The minimum atomic E-state index is -0.187. The molecule has 0 radical (unpaired) electrons. The maximum Gasteiger partial charge on any atom is 0.125 e. The van der Waals surface area contributed by atoms with E-state index in [9.17, 15) is 4.39 Å². The van der Waals surface area contributed by atoms with E-state index < -0.39 is 0 Å². The molecule has 1 aliphatic carbocycles. The van der Waals surface area contributed by atoms with Gasteiger partial charge in [0.2, 0.25) is 0 Å². The fourth-order valence-corrected chi connectivity index (χ4v) is 3.02. The van der Waals surface area contributed by atoms with Crippen LogP contribution in [-0.2, 0) is 0 Å². The first-order chi connectivity index (χ1) is 8.15. The number of halogens is 2. The molecule has 1 N–H and O–H groups in total. The molecular formula is C14H19BrFN. The molecule has 94 valence electrons. The Morgan fingerprint density at radius 3 is 3.00 bits per heavy atom. The molecule has 0 saturated heterocycles. The van der Waals surface area contributed by atoms with Crippen LogP contribution in [0.2, 0.25) is 0 Å². The van der Waals surface area contributed by atoms with Crippen molar-refractivity contribution in [2.45, 2.75) is 32.6 Å². The number of nitrogens with one attached hydrogen (secondary N) is 1. The molecule has 2 atom stereocenters. The average Bonchev–Trinajstić information content (AvgIpc) is 2.30. The van der Waals surface area contributed by atoms with Crippen molar-refractivity contribution in [3.8, 4) is 0 Å². The second-order valence-electron chi connectivity index (χ2n) is 5.14. The summed E-state index contributed by atoms with van der Waals surface area (Å²) >= 11 is 3.44. The van der Waals surface area contributed by atoms with Crippen LogP contribution in [0.5, 0.6) is 0 Å². The number of hydrogen-bond donors (Lipinski definition) is 1. The monoisotopic (exact) mass is 299 g/mol. The minimum absolute atomic E-state index is 0.187. The van der Waals surface area contributed by atoms with Gasteiger partial charge in [-0.1, -0.05) is 19.8 Å². The van der Waals surface area contributed by atoms with Gasteiger partial charge in [0.25, 0.3) is 0 Å². The van der Waals surface area contributed by atoms with E-state index in [1.165, 1.54) is 31.7 Å². The zero-order valence-corrected chi connectivity index (χ0v) is 11.8. The highest BCUT2D eigenvalue weighted by Crippen LogP contribution is 2.30. The fraction of sp³-hybridized carbons (Fsp3) is 0.571. The molecule has 0 spiro atoms. The van der Waals surface area contributed by atoms with E-state index in [0.717, 1.165) is 28.5 Å². The van der Waals surface area contributed by atoms with E-state index in [2.05, 4.69) is 28.2 Å². The van der Waals surface area contributed by atoms with E-state index in [1.54, 1.807) is 12.1 Å². The third-order valence-corrected chi connectivity index (χ3v) is 4.25. The van der Waals surface area contributed by atoms with E-state index >= 15 is 0 Å². The molecular weight excluding hydrogens is 281 g/mol. The average molecular weight is 300 g/mol. The molecule has 3 heteroatoms. The van der Waals surface area contributed by atoms with Gasteiger partial charge in [0.05, 0.1) is 5.69 Å². The Bertz CT molecular complexity index is 380. The molecule has 17 heavy (non-hydrogen) atoms. The quantitative estimate of drug-likeness (QED) is 0.843. The number of rotatable bonds is 3. The number of benzene rings is 1. The first kappa shape index (κ1) is 12.9. The van der Waals surface area contributed by atoms with E-state index in [0.29, 0.717) is 0 Å². The Labute approximate surface area is 111 Å².